The number of nitrogens with zero attached hydrogens (tertiary/aromatic N) is 3. The van der Waals surface area contributed by atoms with Crippen LogP contribution in [0, 0.1) is 27.9 Å². The van der Waals surface area contributed by atoms with Crippen molar-refractivity contribution in [3.05, 3.63) is 112 Å². The molecule has 76 heavy (non-hydrogen) atoms. The van der Waals surface area contributed by atoms with Gasteiger partial charge in [-0.15, -0.1) is 6.58 Å². The average Bonchev–Trinajstić information content (AvgIpc) is 3.44. The molecular weight excluding hydrogens is 975 g/mol. The Morgan fingerprint density at radius 3 is 2.24 bits per heavy atom. The number of carbonyl (C=O) groups excluding carboxylic acids is 2. The van der Waals surface area contributed by atoms with Gasteiger partial charge in [0.1, 0.15) is 35.6 Å². The molecule has 3 N–H and O–H groups in total. The number of nitro groups is 1. The van der Waals surface area contributed by atoms with Crippen LogP contribution < -0.4 is 14.2 Å². The molecule has 1 heterocycles. The third-order valence-corrected chi connectivity index (χ3v) is 14.8. The highest BCUT2D eigenvalue weighted by Crippen LogP contribution is 2.62. The predicted octanol–water partition coefficient (Wildman–Crippen LogP) is 11.4. The molecule has 17 heteroatoms. The summed E-state index contributed by atoms with van der Waals surface area (Å²) < 4.78 is 38.4. The Balaban J connectivity index is 1.47. The Kier molecular flexibility index (Phi) is 24.5. The maximum absolute atomic E-state index is 14.9. The van der Waals surface area contributed by atoms with Crippen LogP contribution in [0.15, 0.2) is 90.1 Å². The Labute approximate surface area is 448 Å². The van der Waals surface area contributed by atoms with E-state index in [9.17, 15) is 35.0 Å². The monoisotopic (exact) mass is 1060 g/mol. The molecule has 0 bridgehead atoms. The minimum atomic E-state index is -1.59. The number of aldehydes is 1. The van der Waals surface area contributed by atoms with Gasteiger partial charge in [-0.3, -0.25) is 19.8 Å². The zero-order chi connectivity index (χ0) is 54.1. The summed E-state index contributed by atoms with van der Waals surface area (Å²) in [6.07, 6.45) is 19.4. The molecule has 0 saturated heterocycles. The summed E-state index contributed by atoms with van der Waals surface area (Å²) >= 11 is 0. The van der Waals surface area contributed by atoms with Gasteiger partial charge in [0.2, 0.25) is 5.79 Å². The first kappa shape index (κ1) is 59.4. The third-order valence-electron chi connectivity index (χ3n) is 14.8. The van der Waals surface area contributed by atoms with Crippen molar-refractivity contribution in [2.45, 2.75) is 140 Å². The van der Waals surface area contributed by atoms with E-state index in [2.05, 4.69) is 19.6 Å². The van der Waals surface area contributed by atoms with Crippen molar-refractivity contribution in [1.29, 1.82) is 0 Å². The molecule has 1 saturated carbocycles. The van der Waals surface area contributed by atoms with E-state index in [1.165, 1.54) is 57.8 Å². The van der Waals surface area contributed by atoms with Crippen LogP contribution >= 0.6 is 0 Å². The highest BCUT2D eigenvalue weighted by atomic mass is 16.7. The topological polar surface area (TPSA) is 218 Å². The van der Waals surface area contributed by atoms with E-state index in [1.54, 1.807) is 47.4 Å². The van der Waals surface area contributed by atoms with Crippen molar-refractivity contribution < 1.29 is 63.1 Å². The number of hydrogen-bond donors (Lipinski definition) is 3. The molecule has 3 aromatic rings. The molecule has 1 aliphatic heterocycles. The number of nitro benzene ring substituents is 1. The smallest absolute Gasteiger partial charge is 0.410 e. The first-order chi connectivity index (χ1) is 37.2. The molecule has 0 unspecified atom stereocenters. The summed E-state index contributed by atoms with van der Waals surface area (Å²) in [4.78, 5) is 45.8. The molecule has 0 radical (unpaired) electrons. The zero-order valence-electron chi connectivity index (χ0n) is 44.7. The highest BCUT2D eigenvalue weighted by Gasteiger charge is 2.65. The van der Waals surface area contributed by atoms with Gasteiger partial charge in [-0.2, -0.15) is 0 Å². The fourth-order valence-electron chi connectivity index (χ4n) is 11.2. The van der Waals surface area contributed by atoms with Crippen LogP contribution in [0.3, 0.4) is 0 Å². The van der Waals surface area contributed by atoms with E-state index < -0.39 is 28.8 Å². The quantitative estimate of drug-likeness (QED) is 0.0162. The van der Waals surface area contributed by atoms with Gasteiger partial charge >= 0.3 is 6.09 Å². The Morgan fingerprint density at radius 2 is 1.57 bits per heavy atom. The normalized spacial score (nSPS) is 20.9. The van der Waals surface area contributed by atoms with E-state index in [4.69, 9.17) is 38.4 Å². The van der Waals surface area contributed by atoms with Gasteiger partial charge in [0.05, 0.1) is 62.3 Å². The largest absolute Gasteiger partial charge is 0.496 e. The Morgan fingerprint density at radius 1 is 0.868 bits per heavy atom. The first-order valence-electron chi connectivity index (χ1n) is 27.5. The summed E-state index contributed by atoms with van der Waals surface area (Å²) in [5, 5.41) is 46.2. The van der Waals surface area contributed by atoms with Gasteiger partial charge in [0.15, 0.2) is 6.29 Å². The number of benzene rings is 3. The second-order valence-electron chi connectivity index (χ2n) is 19.9. The van der Waals surface area contributed by atoms with E-state index in [1.807, 2.05) is 12.1 Å². The molecular formula is C59H81N3O14. The molecule has 2 aliphatic carbocycles. The minimum Gasteiger partial charge on any atom is -0.496 e. The number of fused-ring (bicyclic) bond motifs is 2. The second kappa shape index (κ2) is 31.4. The van der Waals surface area contributed by atoms with Crippen molar-refractivity contribution in [3.8, 4) is 23.0 Å². The molecule has 6 rings (SSSR count). The van der Waals surface area contributed by atoms with E-state index >= 15 is 0 Å². The van der Waals surface area contributed by atoms with Gasteiger partial charge < -0.3 is 48.6 Å². The van der Waals surface area contributed by atoms with Crippen LogP contribution in [0.1, 0.15) is 143 Å². The summed E-state index contributed by atoms with van der Waals surface area (Å²) in [6.45, 7) is 6.51. The lowest BCUT2D eigenvalue weighted by molar-refractivity contribution is -0.384. The van der Waals surface area contributed by atoms with Crippen LogP contribution in [-0.2, 0) is 25.7 Å². The minimum absolute atomic E-state index is 0.00776. The van der Waals surface area contributed by atoms with E-state index in [0.717, 1.165) is 43.2 Å². The van der Waals surface area contributed by atoms with Gasteiger partial charge in [-0.05, 0) is 104 Å². The van der Waals surface area contributed by atoms with Crippen molar-refractivity contribution in [2.24, 2.45) is 22.9 Å². The SMILES string of the molecule is C=CCO[C@@]12Oc3ccc(Oc4ccc(OC)c(C=O)c4)cc3[C@H]3[C@H](CCCCO)[C@@H](CCCCO)C=C(C(=NOCc4ccc([N+](=O)[O-])cc4)C[C@@H]1N(CCOCCO)C(=O)OCCCCCCCCCCCC)[C@H]32. The lowest BCUT2D eigenvalue weighted by Gasteiger charge is -2.59. The van der Waals surface area contributed by atoms with Crippen molar-refractivity contribution in [3.63, 3.8) is 0 Å². The van der Waals surface area contributed by atoms with Crippen molar-refractivity contribution in [1.82, 2.24) is 4.90 Å². The van der Waals surface area contributed by atoms with Gasteiger partial charge in [0, 0.05) is 49.8 Å². The third kappa shape index (κ3) is 15.9. The van der Waals surface area contributed by atoms with Crippen LogP contribution in [0.2, 0.25) is 0 Å². The fraction of sp³-hybridized carbons (Fsp3) is 0.576. The highest BCUT2D eigenvalue weighted by molar-refractivity contribution is 6.03. The summed E-state index contributed by atoms with van der Waals surface area (Å²) in [6, 6.07) is 15.8. The maximum atomic E-state index is 14.9. The molecule has 1 fully saturated rings. The number of non-ortho nitro benzene ring substituents is 1. The number of aliphatic hydroxyl groups is 3. The number of unbranched alkanes of at least 4 members (excludes halogenated alkanes) is 11. The average molecular weight is 1060 g/mol. The molecule has 17 nitrogen and oxygen atoms in total. The number of amides is 1. The summed E-state index contributed by atoms with van der Waals surface area (Å²) in [7, 11) is 1.50. The van der Waals surface area contributed by atoms with Gasteiger partial charge in [-0.1, -0.05) is 94.9 Å². The van der Waals surface area contributed by atoms with Crippen LogP contribution in [0.4, 0.5) is 10.5 Å². The molecule has 3 aliphatic rings. The standard InChI is InChI=1S/C59H81N3O14/c1-4-6-7-8-9-10-11-12-13-18-34-72-58(67)61(29-35-71-36-32-65)55-40-52(60-74-42-43-21-23-46(24-22-43)62(68)69)50-38-44(19-14-16-30-63)49(20-15-17-31-64)56-51-39-48(75-47-25-27-53(70-3)45(37-47)41-66)26-28-54(51)76-59(55,57(50)56)73-33-5-2/h5,21-28,37-39,41,44,49,55-57,63-65H,2,4,6-20,29-36,40,42H2,1,3H3/t44-,49+,55-,56+,57+,59+/m0/s1. The predicted molar refractivity (Wildman–Crippen MR) is 289 cm³/mol. The molecule has 0 aromatic heterocycles. The number of carbonyl (C=O) groups is 2. The van der Waals surface area contributed by atoms with E-state index in [0.29, 0.717) is 78.2 Å². The molecule has 3 aromatic carbocycles. The van der Waals surface area contributed by atoms with Crippen LogP contribution in [-0.4, -0.2) is 115 Å². The molecule has 416 valence electrons. The number of hydrogen-bond acceptors (Lipinski definition) is 15. The lowest BCUT2D eigenvalue weighted by atomic mass is 9.55. The summed E-state index contributed by atoms with van der Waals surface area (Å²) in [5.41, 5.74) is 3.10. The number of rotatable bonds is 36. The number of methoxy groups -OCH3 is 1. The maximum Gasteiger partial charge on any atom is 0.410 e. The van der Waals surface area contributed by atoms with Crippen molar-refractivity contribution >= 4 is 23.8 Å². The number of aliphatic hydroxyl groups excluding tert-OH is 3. The van der Waals surface area contributed by atoms with Crippen molar-refractivity contribution in [2.75, 3.05) is 59.9 Å². The zero-order valence-corrected chi connectivity index (χ0v) is 44.7. The van der Waals surface area contributed by atoms with Gasteiger partial charge in [0.25, 0.3) is 5.69 Å². The van der Waals surface area contributed by atoms with E-state index in [-0.39, 0.29) is 89.3 Å². The Bertz CT molecular complexity index is 2360. The molecule has 6 atom stereocenters. The number of allylic oxidation sites excluding steroid dienone is 1. The summed E-state index contributed by atoms with van der Waals surface area (Å²) in [5.74, 6) is -0.944. The molecule has 1 amide bonds. The molecule has 0 spiro atoms. The number of oxime groups is 1. The van der Waals surface area contributed by atoms with Crippen LogP contribution in [0.5, 0.6) is 23.0 Å². The van der Waals surface area contributed by atoms with Crippen LogP contribution in [0.25, 0.3) is 0 Å². The van der Waals surface area contributed by atoms with Gasteiger partial charge in [-0.25, -0.2) is 4.79 Å². The first-order valence-corrected chi connectivity index (χ1v) is 27.5. The fourth-order valence-corrected chi connectivity index (χ4v) is 11.2. The lowest BCUT2D eigenvalue weighted by Crippen LogP contribution is -2.70. The number of ether oxygens (including phenoxy) is 6. The Hall–Kier alpha value is -5.85. The second-order valence-corrected chi connectivity index (χ2v) is 19.9.